The molecule has 0 bridgehead atoms. The Labute approximate surface area is 191 Å². The van der Waals surface area contributed by atoms with Crippen LogP contribution >= 0.6 is 11.6 Å². The van der Waals surface area contributed by atoms with Crippen molar-refractivity contribution in [2.45, 2.75) is 19.9 Å². The Morgan fingerprint density at radius 2 is 1.84 bits per heavy atom. The zero-order chi connectivity index (χ0) is 23.7. The van der Waals surface area contributed by atoms with Gasteiger partial charge in [0.1, 0.15) is 5.69 Å². The van der Waals surface area contributed by atoms with E-state index in [1.54, 1.807) is 38.1 Å². The summed E-state index contributed by atoms with van der Waals surface area (Å²) in [6.07, 6.45) is 0. The minimum atomic E-state index is -0.839. The third-order valence-electron chi connectivity index (χ3n) is 5.62. The number of rotatable bonds is 6. The second-order valence-corrected chi connectivity index (χ2v) is 8.53. The molecular formula is C23H26ClN3O5. The van der Waals surface area contributed by atoms with E-state index in [1.807, 2.05) is 14.1 Å². The van der Waals surface area contributed by atoms with Gasteiger partial charge in [0.2, 0.25) is 5.78 Å². The maximum atomic E-state index is 13.7. The van der Waals surface area contributed by atoms with Crippen LogP contribution in [0.5, 0.6) is 0 Å². The van der Waals surface area contributed by atoms with Gasteiger partial charge >= 0.3 is 5.97 Å². The van der Waals surface area contributed by atoms with Gasteiger partial charge < -0.3 is 24.6 Å². The number of aryl methyl sites for hydroxylation is 1. The molecule has 1 atom stereocenters. The van der Waals surface area contributed by atoms with Crippen molar-refractivity contribution in [2.24, 2.45) is 0 Å². The van der Waals surface area contributed by atoms with E-state index in [0.717, 1.165) is 4.90 Å². The number of methoxy groups -OCH3 is 1. The zero-order valence-electron chi connectivity index (χ0n) is 18.7. The van der Waals surface area contributed by atoms with Crippen LogP contribution in [-0.2, 0) is 14.3 Å². The van der Waals surface area contributed by atoms with Crippen molar-refractivity contribution in [1.82, 2.24) is 9.88 Å². The lowest BCUT2D eigenvalue weighted by molar-refractivity contribution is -0.857. The van der Waals surface area contributed by atoms with Gasteiger partial charge in [0.05, 0.1) is 40.3 Å². The van der Waals surface area contributed by atoms with Gasteiger partial charge in [0, 0.05) is 16.3 Å². The lowest BCUT2D eigenvalue weighted by Crippen LogP contribution is -3.06. The Balaban J connectivity index is 2.21. The van der Waals surface area contributed by atoms with Gasteiger partial charge in [-0.05, 0) is 42.7 Å². The number of hydrogen-bond acceptors (Lipinski definition) is 5. The summed E-state index contributed by atoms with van der Waals surface area (Å²) in [5.74, 6) is -2.74. The quantitative estimate of drug-likeness (QED) is 0.282. The maximum absolute atomic E-state index is 13.7. The van der Waals surface area contributed by atoms with Gasteiger partial charge in [0.15, 0.2) is 0 Å². The molecule has 1 aromatic heterocycles. The van der Waals surface area contributed by atoms with E-state index >= 15 is 0 Å². The lowest BCUT2D eigenvalue weighted by atomic mass is 9.94. The van der Waals surface area contributed by atoms with Crippen molar-refractivity contribution in [2.75, 3.05) is 34.3 Å². The SMILES string of the molecule is COC(=O)c1[nH]c(C)c(C([O-])=C2C(=O)C(=O)N(CC[NH+](C)C)C2c2ccc(Cl)cc2)c1C. The van der Waals surface area contributed by atoms with E-state index in [1.165, 1.54) is 12.0 Å². The summed E-state index contributed by atoms with van der Waals surface area (Å²) < 4.78 is 4.77. The van der Waals surface area contributed by atoms with E-state index in [0.29, 0.717) is 34.9 Å². The number of carbonyl (C=O) groups excluding carboxylic acids is 3. The van der Waals surface area contributed by atoms with Gasteiger partial charge in [0.25, 0.3) is 5.91 Å². The van der Waals surface area contributed by atoms with Crippen molar-refractivity contribution < 1.29 is 29.1 Å². The zero-order valence-corrected chi connectivity index (χ0v) is 19.4. The molecule has 9 heteroatoms. The first-order valence-electron chi connectivity index (χ1n) is 10.2. The molecule has 2 heterocycles. The number of aromatic amines is 1. The largest absolute Gasteiger partial charge is 0.872 e. The molecule has 0 spiro atoms. The highest BCUT2D eigenvalue weighted by Gasteiger charge is 2.44. The number of nitrogens with zero attached hydrogens (tertiary/aromatic N) is 1. The predicted molar refractivity (Wildman–Crippen MR) is 117 cm³/mol. The predicted octanol–water partition coefficient (Wildman–Crippen LogP) is 0.440. The fraction of sp³-hybridized carbons (Fsp3) is 0.348. The second kappa shape index (κ2) is 9.18. The van der Waals surface area contributed by atoms with Crippen LogP contribution in [0.3, 0.4) is 0 Å². The molecule has 1 unspecified atom stereocenters. The normalized spacial score (nSPS) is 18.0. The Morgan fingerprint density at radius 1 is 1.22 bits per heavy atom. The molecule has 1 fully saturated rings. The van der Waals surface area contributed by atoms with Crippen LogP contribution in [0.4, 0.5) is 0 Å². The van der Waals surface area contributed by atoms with Crippen LogP contribution in [0, 0.1) is 13.8 Å². The molecule has 1 saturated heterocycles. The molecule has 2 N–H and O–H groups in total. The number of Topliss-reactive ketones (excluding diaryl/α,β-unsaturated/α-hetero) is 1. The Kier molecular flexibility index (Phi) is 6.76. The van der Waals surface area contributed by atoms with E-state index in [4.69, 9.17) is 16.3 Å². The van der Waals surface area contributed by atoms with Gasteiger partial charge in [-0.2, -0.15) is 0 Å². The monoisotopic (exact) mass is 459 g/mol. The van der Waals surface area contributed by atoms with E-state index in [2.05, 4.69) is 4.98 Å². The number of likely N-dealkylation sites (N-methyl/N-ethyl adjacent to an activating group) is 1. The van der Waals surface area contributed by atoms with Crippen LogP contribution < -0.4 is 10.0 Å². The molecule has 8 nitrogen and oxygen atoms in total. The molecule has 1 aliphatic heterocycles. The molecular weight excluding hydrogens is 434 g/mol. The number of ether oxygens (including phenoxy) is 1. The summed E-state index contributed by atoms with van der Waals surface area (Å²) in [5.41, 5.74) is 1.62. The topological polar surface area (TPSA) is 107 Å². The third kappa shape index (κ3) is 4.16. The molecule has 170 valence electrons. The number of halogens is 1. The Hall–Kier alpha value is -3.10. The van der Waals surface area contributed by atoms with Gasteiger partial charge in [-0.15, -0.1) is 0 Å². The highest BCUT2D eigenvalue weighted by molar-refractivity contribution is 6.46. The molecule has 1 aliphatic rings. The van der Waals surface area contributed by atoms with Crippen molar-refractivity contribution in [1.29, 1.82) is 0 Å². The summed E-state index contributed by atoms with van der Waals surface area (Å²) in [4.78, 5) is 43.5. The van der Waals surface area contributed by atoms with Crippen LogP contribution in [-0.4, -0.2) is 61.8 Å². The highest BCUT2D eigenvalue weighted by Crippen LogP contribution is 2.40. The molecule has 2 aromatic rings. The average molecular weight is 460 g/mol. The molecule has 0 aliphatic carbocycles. The minimum absolute atomic E-state index is 0.132. The number of hydrogen-bond donors (Lipinski definition) is 2. The van der Waals surface area contributed by atoms with E-state index in [9.17, 15) is 19.5 Å². The van der Waals surface area contributed by atoms with Crippen molar-refractivity contribution in [3.8, 4) is 0 Å². The summed E-state index contributed by atoms with van der Waals surface area (Å²) in [6, 6.07) is 5.89. The van der Waals surface area contributed by atoms with Gasteiger partial charge in [-0.3, -0.25) is 9.59 Å². The number of quaternary nitrogens is 1. The first-order valence-corrected chi connectivity index (χ1v) is 10.5. The molecule has 3 rings (SSSR count). The highest BCUT2D eigenvalue weighted by atomic mass is 35.5. The summed E-state index contributed by atoms with van der Waals surface area (Å²) in [6.45, 7) is 4.14. The first kappa shape index (κ1) is 23.6. The number of esters is 1. The number of nitrogens with one attached hydrogen (secondary N) is 2. The Bertz CT molecular complexity index is 1100. The standard InChI is InChI=1S/C23H26ClN3O5/c1-12-16(13(2)25-18(12)23(31)32-5)20(28)17-19(14-6-8-15(24)9-7-14)27(11-10-26(3)4)22(30)21(17)29/h6-9,19,25,28H,10-11H2,1-5H3. The number of ketones is 1. The number of H-pyrrole nitrogens is 1. The van der Waals surface area contributed by atoms with E-state index < -0.39 is 29.5 Å². The minimum Gasteiger partial charge on any atom is -0.872 e. The molecule has 0 saturated carbocycles. The molecule has 1 amide bonds. The van der Waals surface area contributed by atoms with Crippen LogP contribution in [0.2, 0.25) is 5.02 Å². The number of amides is 1. The fourth-order valence-corrected chi connectivity index (χ4v) is 4.09. The van der Waals surface area contributed by atoms with Crippen LogP contribution in [0.25, 0.3) is 5.76 Å². The van der Waals surface area contributed by atoms with Crippen molar-refractivity contribution >= 4 is 35.0 Å². The number of benzene rings is 1. The number of aromatic nitrogens is 1. The average Bonchev–Trinajstić information content (AvgIpc) is 3.18. The third-order valence-corrected chi connectivity index (χ3v) is 5.87. The van der Waals surface area contributed by atoms with E-state index in [-0.39, 0.29) is 16.8 Å². The van der Waals surface area contributed by atoms with Crippen LogP contribution in [0.1, 0.15) is 38.9 Å². The summed E-state index contributed by atoms with van der Waals surface area (Å²) in [5, 5.41) is 14.2. The van der Waals surface area contributed by atoms with Crippen molar-refractivity contribution in [3.63, 3.8) is 0 Å². The first-order chi connectivity index (χ1) is 15.1. The summed E-state index contributed by atoms with van der Waals surface area (Å²) >= 11 is 6.02. The summed E-state index contributed by atoms with van der Waals surface area (Å²) in [7, 11) is 5.13. The molecule has 0 radical (unpaired) electrons. The van der Waals surface area contributed by atoms with Gasteiger partial charge in [-0.25, -0.2) is 4.79 Å². The number of carbonyl (C=O) groups is 3. The molecule has 32 heavy (non-hydrogen) atoms. The lowest BCUT2D eigenvalue weighted by Gasteiger charge is -2.28. The van der Waals surface area contributed by atoms with Crippen molar-refractivity contribution in [3.05, 3.63) is 62.9 Å². The number of likely N-dealkylation sites (tertiary alicyclic amines) is 1. The smallest absolute Gasteiger partial charge is 0.354 e. The fourth-order valence-electron chi connectivity index (χ4n) is 3.97. The maximum Gasteiger partial charge on any atom is 0.354 e. The Morgan fingerprint density at radius 3 is 2.41 bits per heavy atom. The molecule has 1 aromatic carbocycles. The van der Waals surface area contributed by atoms with Crippen LogP contribution in [0.15, 0.2) is 29.8 Å². The second-order valence-electron chi connectivity index (χ2n) is 8.10. The van der Waals surface area contributed by atoms with Gasteiger partial charge in [-0.1, -0.05) is 29.5 Å².